The second kappa shape index (κ2) is 29.9. The van der Waals surface area contributed by atoms with E-state index in [1.807, 2.05) is 50.2 Å². The lowest BCUT2D eigenvalue weighted by atomic mass is 9.68. The molecule has 10 aliphatic rings. The third-order valence-corrected chi connectivity index (χ3v) is 28.4. The van der Waals surface area contributed by atoms with Crippen LogP contribution in [0, 0.1) is 47.3 Å². The van der Waals surface area contributed by atoms with Crippen molar-refractivity contribution in [2.75, 3.05) is 101 Å². The zero-order valence-corrected chi connectivity index (χ0v) is 61.0. The van der Waals surface area contributed by atoms with Gasteiger partial charge in [0.1, 0.15) is 23.1 Å². The molecule has 4 aromatic carbocycles. The summed E-state index contributed by atoms with van der Waals surface area (Å²) in [6.07, 6.45) is 22.7. The highest BCUT2D eigenvalue weighted by molar-refractivity contribution is 7.94. The molecule has 98 heavy (non-hydrogen) atoms. The molecular weight excluding hydrogens is 1320 g/mol. The summed E-state index contributed by atoms with van der Waals surface area (Å²) in [5.74, 6) is 1.78. The van der Waals surface area contributed by atoms with Crippen LogP contribution in [0.3, 0.4) is 0 Å². The van der Waals surface area contributed by atoms with Gasteiger partial charge in [0.15, 0.2) is 0 Å². The van der Waals surface area contributed by atoms with E-state index in [4.69, 9.17) is 51.6 Å². The van der Waals surface area contributed by atoms with Gasteiger partial charge in [0.25, 0.3) is 11.8 Å². The highest BCUT2D eigenvalue weighted by atomic mass is 35.5. The molecule has 4 fully saturated rings. The first-order chi connectivity index (χ1) is 47.2. The molecule has 0 radical (unpaired) electrons. The summed E-state index contributed by atoms with van der Waals surface area (Å²) in [5, 5.41) is 1.50. The van der Waals surface area contributed by atoms with Crippen LogP contribution in [-0.2, 0) is 71.7 Å². The van der Waals surface area contributed by atoms with Gasteiger partial charge >= 0.3 is 0 Å². The van der Waals surface area contributed by atoms with Crippen molar-refractivity contribution in [2.24, 2.45) is 56.1 Å². The molecule has 4 heterocycles. The van der Waals surface area contributed by atoms with E-state index in [-0.39, 0.29) is 93.5 Å². The minimum Gasteiger partial charge on any atom is -0.490 e. The van der Waals surface area contributed by atoms with Crippen LogP contribution in [0.25, 0.3) is 0 Å². The number of nitrogens with zero attached hydrogens (tertiary/aromatic N) is 4. The van der Waals surface area contributed by atoms with Crippen LogP contribution in [-0.4, -0.2) is 147 Å². The molecule has 14 rings (SSSR count). The summed E-state index contributed by atoms with van der Waals surface area (Å²) in [7, 11) is 0.521. The van der Waals surface area contributed by atoms with Crippen molar-refractivity contribution in [3.63, 3.8) is 0 Å². The Bertz CT molecular complexity index is 3760. The molecule has 6 aliphatic carbocycles. The predicted octanol–water partition coefficient (Wildman–Crippen LogP) is 14.1. The van der Waals surface area contributed by atoms with Crippen LogP contribution in [0.1, 0.15) is 147 Å². The zero-order chi connectivity index (χ0) is 68.7. The average Bonchev–Trinajstić information content (AvgIpc) is 1.48. The molecule has 0 unspecified atom stereocenters. The van der Waals surface area contributed by atoms with Crippen LogP contribution in [0.2, 0.25) is 10.0 Å². The van der Waals surface area contributed by atoms with Crippen molar-refractivity contribution in [3.8, 4) is 11.5 Å². The lowest BCUT2D eigenvalue weighted by Gasteiger charge is -2.46. The topological polar surface area (TPSA) is 189 Å². The maximum atomic E-state index is 14.5. The standard InChI is InChI=1S/2C39H49ClN2O6S/c2*1-25-6-4-8-35(46-2)32-12-9-28(32)20-42-23-39(15-5-7-26-16-30(40)11-13-33(26)39)24-48-36-14-10-27(18-34(36)42)38(44)41-49(45,21-25)22-31(43)17-29-19-37(29)47-3/h2*4,8,10-11,13-14,16,18,25,28-29,32,35,37H,5-7,9,12,15,17,19-24H2,1-3H3/b2*8-4+/t25-,28-,29+,32+,35-,37+,39-,49+;25-,28-,29-,32+,35-,37-,39-,49+/m00/s1. The normalized spacial score (nSPS) is 34.8. The van der Waals surface area contributed by atoms with E-state index in [1.165, 1.54) is 22.3 Å². The molecule has 528 valence electrons. The second-order valence-corrected chi connectivity index (χ2v) is 36.1. The molecule has 2 spiro atoms. The number of amides is 2. The lowest BCUT2D eigenvalue weighted by Crippen LogP contribution is -2.49. The van der Waals surface area contributed by atoms with Gasteiger partial charge in [0.2, 0.25) is 0 Å². The molecule has 4 bridgehead atoms. The first kappa shape index (κ1) is 71.0. The van der Waals surface area contributed by atoms with Crippen LogP contribution < -0.4 is 19.3 Å². The molecule has 4 aliphatic heterocycles. The number of allylic oxidation sites excluding steroid dienone is 2. The number of hydrogen-bond acceptors (Lipinski definition) is 14. The van der Waals surface area contributed by atoms with Gasteiger partial charge in [-0.3, -0.25) is 19.2 Å². The SMILES string of the molecule is CO[C@H]1/C=C/C[C@H](C)C[S@@](=O)(CC(=O)C[C@@H]2C[C@H]2OC)=NC(=O)c2ccc3c(c2)N(C[C@@H]2CC[C@H]21)C[C@@]1(CCCc2cc(Cl)ccc21)CO3.CO[C@H]1/C=C/C[C@H](C)C[S@@](=O)(CC(=O)C[C@H]2C[C@@H]2OC)=NC(=O)c2ccc3c(c2)N(C[C@@H]2CC[C@H]21)C[C@@]1(CCCc2cc(Cl)ccc21)CO3. The molecule has 2 amide bonds. The number of ether oxygens (including phenoxy) is 6. The summed E-state index contributed by atoms with van der Waals surface area (Å²) in [6, 6.07) is 23.5. The molecular formula is C78H98Cl2N4O12S2. The number of carbonyl (C=O) groups excluding carboxylic acids is 4. The lowest BCUT2D eigenvalue weighted by molar-refractivity contribution is -0.118. The van der Waals surface area contributed by atoms with E-state index in [1.54, 1.807) is 40.6 Å². The minimum atomic E-state index is -3.17. The molecule has 16 atom stereocenters. The van der Waals surface area contributed by atoms with E-state index in [0.717, 1.165) is 136 Å². The molecule has 0 N–H and O–H groups in total. The maximum absolute atomic E-state index is 14.5. The Hall–Kier alpha value is -5.44. The number of methoxy groups -OCH3 is 4. The van der Waals surface area contributed by atoms with E-state index < -0.39 is 31.3 Å². The molecule has 20 heteroatoms. The number of ketones is 2. The Morgan fingerprint density at radius 1 is 0.582 bits per heavy atom. The number of benzene rings is 4. The number of Topliss-reactive ketones (excluding diaryl/α,β-unsaturated/α-hetero) is 2. The van der Waals surface area contributed by atoms with E-state index in [2.05, 4.69) is 67.1 Å². The number of fused-ring (bicyclic) bond motifs is 8. The fourth-order valence-corrected chi connectivity index (χ4v) is 22.6. The summed E-state index contributed by atoms with van der Waals surface area (Å²) in [4.78, 5) is 59.1. The molecule has 0 saturated heterocycles. The second-order valence-electron chi connectivity index (χ2n) is 30.5. The first-order valence-corrected chi connectivity index (χ1v) is 40.3. The fraction of sp³-hybridized carbons (Fsp3) is 0.590. The molecule has 4 saturated carbocycles. The van der Waals surface area contributed by atoms with Crippen molar-refractivity contribution < 1.29 is 56.0 Å². The number of halogens is 2. The van der Waals surface area contributed by atoms with E-state index >= 15 is 0 Å². The van der Waals surface area contributed by atoms with Crippen LogP contribution in [0.5, 0.6) is 11.5 Å². The number of carbonyl (C=O) groups is 4. The monoisotopic (exact) mass is 1420 g/mol. The third-order valence-electron chi connectivity index (χ3n) is 23.2. The van der Waals surface area contributed by atoms with Crippen molar-refractivity contribution in [1.82, 2.24) is 0 Å². The molecule has 16 nitrogen and oxygen atoms in total. The van der Waals surface area contributed by atoms with Gasteiger partial charge < -0.3 is 38.2 Å². The van der Waals surface area contributed by atoms with Crippen molar-refractivity contribution >= 4 is 77.4 Å². The third kappa shape index (κ3) is 15.8. The quantitative estimate of drug-likeness (QED) is 0.122. The highest BCUT2D eigenvalue weighted by Crippen LogP contribution is 2.50. The smallest absolute Gasteiger partial charge is 0.285 e. The van der Waals surface area contributed by atoms with Gasteiger partial charge in [-0.1, -0.05) is 73.5 Å². The van der Waals surface area contributed by atoms with Crippen LogP contribution in [0.15, 0.2) is 106 Å². The number of hydrogen-bond donors (Lipinski definition) is 0. The first-order valence-electron chi connectivity index (χ1n) is 35.8. The number of aryl methyl sites for hydroxylation is 2. The van der Waals surface area contributed by atoms with Crippen molar-refractivity contribution in [2.45, 2.75) is 152 Å². The summed E-state index contributed by atoms with van der Waals surface area (Å²) >= 11 is 12.9. The Balaban J connectivity index is 0.000000176. The molecule has 4 aromatic rings. The summed E-state index contributed by atoms with van der Waals surface area (Å²) < 4.78 is 74.0. The highest BCUT2D eigenvalue weighted by Gasteiger charge is 2.48. The Morgan fingerprint density at radius 3 is 1.39 bits per heavy atom. The fourth-order valence-electron chi connectivity index (χ4n) is 17.6. The average molecular weight is 1420 g/mol. The Morgan fingerprint density at radius 2 is 1.01 bits per heavy atom. The Labute approximate surface area is 590 Å². The van der Waals surface area contributed by atoms with Gasteiger partial charge in [-0.25, -0.2) is 8.42 Å². The van der Waals surface area contributed by atoms with E-state index in [0.29, 0.717) is 73.7 Å². The number of anilines is 2. The van der Waals surface area contributed by atoms with Crippen LogP contribution in [0.4, 0.5) is 11.4 Å². The van der Waals surface area contributed by atoms with Gasteiger partial charge in [-0.2, -0.15) is 8.73 Å². The van der Waals surface area contributed by atoms with Gasteiger partial charge in [0, 0.05) is 111 Å². The molecule has 0 aromatic heterocycles. The largest absolute Gasteiger partial charge is 0.490 e. The minimum absolute atomic E-state index is 0.0242. The van der Waals surface area contributed by atoms with E-state index in [9.17, 15) is 27.6 Å². The van der Waals surface area contributed by atoms with Gasteiger partial charge in [-0.05, 0) is 220 Å². The van der Waals surface area contributed by atoms with Crippen LogP contribution >= 0.6 is 23.2 Å². The maximum Gasteiger partial charge on any atom is 0.285 e. The van der Waals surface area contributed by atoms with Gasteiger partial charge in [-0.15, -0.1) is 0 Å². The van der Waals surface area contributed by atoms with Crippen molar-refractivity contribution in [3.05, 3.63) is 141 Å². The number of rotatable bonds is 12. The Kier molecular flexibility index (Phi) is 21.6. The zero-order valence-electron chi connectivity index (χ0n) is 57.8. The summed E-state index contributed by atoms with van der Waals surface area (Å²) in [5.41, 5.74) is 7.11. The summed E-state index contributed by atoms with van der Waals surface area (Å²) in [6.45, 7) is 8.17. The van der Waals surface area contributed by atoms with Gasteiger partial charge in [0.05, 0.1) is 80.0 Å². The van der Waals surface area contributed by atoms with Crippen molar-refractivity contribution in [1.29, 1.82) is 0 Å². The predicted molar refractivity (Wildman–Crippen MR) is 387 cm³/mol.